The maximum Gasteiger partial charge on any atom is 0.227 e. The molecule has 26 heavy (non-hydrogen) atoms. The molecule has 0 fully saturated rings. The van der Waals surface area contributed by atoms with Crippen molar-refractivity contribution in [2.75, 3.05) is 12.4 Å². The van der Waals surface area contributed by atoms with Gasteiger partial charge >= 0.3 is 0 Å². The molecule has 7 heteroatoms. The summed E-state index contributed by atoms with van der Waals surface area (Å²) in [5, 5.41) is 6.84. The Morgan fingerprint density at radius 3 is 2.73 bits per heavy atom. The van der Waals surface area contributed by atoms with Gasteiger partial charge in [-0.2, -0.15) is 4.98 Å². The number of aromatic nitrogens is 2. The molecule has 3 aromatic rings. The molecule has 3 rings (SSSR count). The topological polar surface area (TPSA) is 77.2 Å². The van der Waals surface area contributed by atoms with Crippen LogP contribution in [0, 0.1) is 10.5 Å². The number of methoxy groups -OCH3 is 1. The average molecular weight is 463 g/mol. The fourth-order valence-electron chi connectivity index (χ4n) is 2.43. The summed E-state index contributed by atoms with van der Waals surface area (Å²) < 4.78 is 11.7. The Hall–Kier alpha value is -2.42. The minimum atomic E-state index is -0.136. The van der Waals surface area contributed by atoms with Crippen LogP contribution in [0.4, 0.5) is 5.69 Å². The highest BCUT2D eigenvalue weighted by Gasteiger charge is 2.12. The van der Waals surface area contributed by atoms with Gasteiger partial charge in [0.15, 0.2) is 0 Å². The number of hydrogen-bond donors (Lipinski definition) is 1. The van der Waals surface area contributed by atoms with Crippen LogP contribution in [0.1, 0.15) is 17.9 Å². The van der Waals surface area contributed by atoms with Gasteiger partial charge in [-0.15, -0.1) is 0 Å². The Morgan fingerprint density at radius 2 is 2.00 bits per heavy atom. The van der Waals surface area contributed by atoms with Crippen LogP contribution in [-0.2, 0) is 11.2 Å². The smallest absolute Gasteiger partial charge is 0.227 e. The molecule has 1 N–H and O–H groups in total. The number of carbonyl (C=O) groups excluding carboxylic acids is 1. The molecule has 1 heterocycles. The molecule has 1 aromatic heterocycles. The summed E-state index contributed by atoms with van der Waals surface area (Å²) in [4.78, 5) is 16.6. The van der Waals surface area contributed by atoms with Crippen LogP contribution >= 0.6 is 22.6 Å². The standard InChI is InChI=1S/C19H18IN3O3/c1-12-3-8-16(25-2)15(11-12)21-17(24)9-10-18-22-19(23-26-18)13-4-6-14(20)7-5-13/h3-8,11H,9-10H2,1-2H3,(H,21,24). The minimum absolute atomic E-state index is 0.136. The van der Waals surface area contributed by atoms with Crippen molar-refractivity contribution in [1.29, 1.82) is 0 Å². The quantitative estimate of drug-likeness (QED) is 0.554. The fraction of sp³-hybridized carbons (Fsp3) is 0.211. The first-order chi connectivity index (χ1) is 12.5. The van der Waals surface area contributed by atoms with E-state index in [1.54, 1.807) is 7.11 Å². The number of aryl methyl sites for hydroxylation is 2. The molecule has 134 valence electrons. The van der Waals surface area contributed by atoms with Gasteiger partial charge in [0, 0.05) is 22.0 Å². The van der Waals surface area contributed by atoms with Gasteiger partial charge < -0.3 is 14.6 Å². The summed E-state index contributed by atoms with van der Waals surface area (Å²) in [6.07, 6.45) is 0.614. The van der Waals surface area contributed by atoms with Crippen molar-refractivity contribution in [2.45, 2.75) is 19.8 Å². The molecular formula is C19H18IN3O3. The van der Waals surface area contributed by atoms with Crippen molar-refractivity contribution in [3.63, 3.8) is 0 Å². The van der Waals surface area contributed by atoms with Crippen LogP contribution < -0.4 is 10.1 Å². The lowest BCUT2D eigenvalue weighted by molar-refractivity contribution is -0.116. The molecule has 0 radical (unpaired) electrons. The van der Waals surface area contributed by atoms with Gasteiger partial charge in [-0.05, 0) is 59.3 Å². The predicted octanol–water partition coefficient (Wildman–Crippen LogP) is 4.23. The molecule has 0 unspecified atom stereocenters. The number of benzene rings is 2. The summed E-state index contributed by atoms with van der Waals surface area (Å²) in [5.74, 6) is 1.45. The van der Waals surface area contributed by atoms with E-state index in [0.717, 1.165) is 14.7 Å². The van der Waals surface area contributed by atoms with E-state index in [-0.39, 0.29) is 12.3 Å². The van der Waals surface area contributed by atoms with E-state index in [1.165, 1.54) is 0 Å². The highest BCUT2D eigenvalue weighted by Crippen LogP contribution is 2.25. The Morgan fingerprint density at radius 1 is 1.23 bits per heavy atom. The Bertz CT molecular complexity index is 907. The van der Waals surface area contributed by atoms with Gasteiger partial charge in [-0.3, -0.25) is 4.79 Å². The largest absolute Gasteiger partial charge is 0.495 e. The number of ether oxygens (including phenoxy) is 1. The second-order valence-corrected chi connectivity index (χ2v) is 7.02. The normalized spacial score (nSPS) is 10.6. The van der Waals surface area contributed by atoms with Gasteiger partial charge in [0.2, 0.25) is 17.6 Å². The lowest BCUT2D eigenvalue weighted by atomic mass is 10.2. The first-order valence-corrected chi connectivity index (χ1v) is 9.16. The van der Waals surface area contributed by atoms with Gasteiger partial charge in [-0.25, -0.2) is 0 Å². The molecule has 6 nitrogen and oxygen atoms in total. The monoisotopic (exact) mass is 463 g/mol. The van der Waals surface area contributed by atoms with E-state index >= 15 is 0 Å². The van der Waals surface area contributed by atoms with Gasteiger partial charge in [0.05, 0.1) is 12.8 Å². The second-order valence-electron chi connectivity index (χ2n) is 5.77. The van der Waals surface area contributed by atoms with Crippen LogP contribution in [0.15, 0.2) is 47.0 Å². The number of rotatable bonds is 6. The van der Waals surface area contributed by atoms with E-state index in [4.69, 9.17) is 9.26 Å². The summed E-state index contributed by atoms with van der Waals surface area (Å²) in [6.45, 7) is 1.96. The molecule has 0 atom stereocenters. The molecule has 1 amide bonds. The summed E-state index contributed by atoms with van der Waals surface area (Å²) in [5.41, 5.74) is 2.58. The average Bonchev–Trinajstić information content (AvgIpc) is 3.10. The Kier molecular flexibility index (Phi) is 5.87. The van der Waals surface area contributed by atoms with E-state index < -0.39 is 0 Å². The molecule has 0 bridgehead atoms. The summed E-state index contributed by atoms with van der Waals surface area (Å²) >= 11 is 2.24. The van der Waals surface area contributed by atoms with Crippen molar-refractivity contribution in [3.05, 3.63) is 57.5 Å². The minimum Gasteiger partial charge on any atom is -0.495 e. The first-order valence-electron chi connectivity index (χ1n) is 8.08. The zero-order valence-corrected chi connectivity index (χ0v) is 16.6. The highest BCUT2D eigenvalue weighted by molar-refractivity contribution is 14.1. The second kappa shape index (κ2) is 8.31. The van der Waals surface area contributed by atoms with E-state index in [0.29, 0.717) is 29.6 Å². The van der Waals surface area contributed by atoms with Crippen molar-refractivity contribution >= 4 is 34.2 Å². The Balaban J connectivity index is 1.60. The van der Waals surface area contributed by atoms with Gasteiger partial charge in [0.1, 0.15) is 5.75 Å². The predicted molar refractivity (Wildman–Crippen MR) is 107 cm³/mol. The number of hydrogen-bond acceptors (Lipinski definition) is 5. The summed E-state index contributed by atoms with van der Waals surface area (Å²) in [6, 6.07) is 13.5. The van der Waals surface area contributed by atoms with Crippen molar-refractivity contribution < 1.29 is 14.1 Å². The molecule has 0 saturated carbocycles. The maximum absolute atomic E-state index is 12.2. The number of amides is 1. The summed E-state index contributed by atoms with van der Waals surface area (Å²) in [7, 11) is 1.57. The van der Waals surface area contributed by atoms with Crippen molar-refractivity contribution in [3.8, 4) is 17.1 Å². The number of carbonyl (C=O) groups is 1. The van der Waals surface area contributed by atoms with Gasteiger partial charge in [0.25, 0.3) is 0 Å². The van der Waals surface area contributed by atoms with E-state index in [2.05, 4.69) is 38.0 Å². The molecule has 0 aliphatic heterocycles. The zero-order chi connectivity index (χ0) is 18.5. The molecule has 2 aromatic carbocycles. The number of anilines is 1. The van der Waals surface area contributed by atoms with Crippen molar-refractivity contribution in [1.82, 2.24) is 10.1 Å². The van der Waals surface area contributed by atoms with E-state index in [1.807, 2.05) is 49.4 Å². The molecule has 0 aliphatic rings. The lowest BCUT2D eigenvalue weighted by Gasteiger charge is -2.10. The third-order valence-electron chi connectivity index (χ3n) is 3.77. The van der Waals surface area contributed by atoms with Crippen molar-refractivity contribution in [2.24, 2.45) is 0 Å². The number of halogens is 1. The number of nitrogens with one attached hydrogen (secondary N) is 1. The molecule has 0 spiro atoms. The zero-order valence-electron chi connectivity index (χ0n) is 14.5. The third kappa shape index (κ3) is 4.60. The van der Waals surface area contributed by atoms with Crippen LogP contribution in [0.5, 0.6) is 5.75 Å². The highest BCUT2D eigenvalue weighted by atomic mass is 127. The SMILES string of the molecule is COc1ccc(C)cc1NC(=O)CCc1nc(-c2ccc(I)cc2)no1. The van der Waals surface area contributed by atoms with Crippen LogP contribution in [-0.4, -0.2) is 23.2 Å². The molecule has 0 saturated heterocycles. The lowest BCUT2D eigenvalue weighted by Crippen LogP contribution is -2.13. The molecule has 0 aliphatic carbocycles. The van der Waals surface area contributed by atoms with Crippen LogP contribution in [0.3, 0.4) is 0 Å². The number of nitrogens with zero attached hydrogens (tertiary/aromatic N) is 2. The van der Waals surface area contributed by atoms with Gasteiger partial charge in [-0.1, -0.05) is 23.4 Å². The Labute approximate surface area is 165 Å². The molecular weight excluding hydrogens is 445 g/mol. The maximum atomic E-state index is 12.2. The third-order valence-corrected chi connectivity index (χ3v) is 4.48. The fourth-order valence-corrected chi connectivity index (χ4v) is 2.78. The van der Waals surface area contributed by atoms with Crippen LogP contribution in [0.25, 0.3) is 11.4 Å². The van der Waals surface area contributed by atoms with Crippen LogP contribution in [0.2, 0.25) is 0 Å². The first kappa shape index (κ1) is 18.4. The van der Waals surface area contributed by atoms with E-state index in [9.17, 15) is 4.79 Å².